The van der Waals surface area contributed by atoms with Gasteiger partial charge < -0.3 is 14.2 Å². The van der Waals surface area contributed by atoms with E-state index in [9.17, 15) is 14.4 Å². The van der Waals surface area contributed by atoms with E-state index in [1.165, 1.54) is 205 Å². The van der Waals surface area contributed by atoms with Gasteiger partial charge in [0.1, 0.15) is 13.2 Å². The maximum atomic E-state index is 12.9. The van der Waals surface area contributed by atoms with Crippen molar-refractivity contribution in [1.29, 1.82) is 0 Å². The summed E-state index contributed by atoms with van der Waals surface area (Å²) >= 11 is 0. The number of hydrogen-bond acceptors (Lipinski definition) is 6. The highest BCUT2D eigenvalue weighted by molar-refractivity contribution is 5.71. The molecule has 6 heteroatoms. The fraction of sp³-hybridized carbons (Fsp3) is 0.812. The number of ether oxygens (including phenoxy) is 3. The summed E-state index contributed by atoms with van der Waals surface area (Å²) in [5.74, 6) is -0.890. The first-order valence-electron chi connectivity index (χ1n) is 32.8. The number of allylic oxidation sites excluding steroid dienone is 10. The number of unbranched alkanes of at least 4 members (excludes halogenated alkanes) is 39. The molecule has 1 atom stereocenters. The lowest BCUT2D eigenvalue weighted by molar-refractivity contribution is -0.167. The number of rotatable bonds is 60. The zero-order valence-corrected chi connectivity index (χ0v) is 50.1. The zero-order valence-electron chi connectivity index (χ0n) is 50.1. The van der Waals surface area contributed by atoms with Gasteiger partial charge in [0.15, 0.2) is 6.10 Å². The van der Waals surface area contributed by atoms with E-state index in [1.54, 1.807) is 0 Å². The fourth-order valence-electron chi connectivity index (χ4n) is 9.65. The maximum absolute atomic E-state index is 12.9. The average molecular weight is 1050 g/mol. The molecule has 436 valence electrons. The number of hydrogen-bond donors (Lipinski definition) is 0. The van der Waals surface area contributed by atoms with Crippen molar-refractivity contribution in [3.8, 4) is 0 Å². The Labute approximate surface area is 466 Å². The molecule has 0 aromatic heterocycles. The Morgan fingerprint density at radius 2 is 0.520 bits per heavy atom. The lowest BCUT2D eigenvalue weighted by Crippen LogP contribution is -2.30. The van der Waals surface area contributed by atoms with Crippen LogP contribution in [0.15, 0.2) is 60.8 Å². The highest BCUT2D eigenvalue weighted by atomic mass is 16.6. The minimum Gasteiger partial charge on any atom is -0.462 e. The summed E-state index contributed by atoms with van der Waals surface area (Å²) < 4.78 is 16.9. The van der Waals surface area contributed by atoms with Crippen LogP contribution in [0.1, 0.15) is 342 Å². The molecule has 0 saturated heterocycles. The molecule has 0 aromatic rings. The van der Waals surface area contributed by atoms with E-state index in [0.29, 0.717) is 19.3 Å². The molecule has 0 radical (unpaired) electrons. The van der Waals surface area contributed by atoms with Gasteiger partial charge in [-0.3, -0.25) is 14.4 Å². The summed E-state index contributed by atoms with van der Waals surface area (Å²) in [7, 11) is 0. The molecule has 0 heterocycles. The van der Waals surface area contributed by atoms with Crippen LogP contribution >= 0.6 is 0 Å². The summed E-state index contributed by atoms with van der Waals surface area (Å²) in [5.41, 5.74) is 0. The van der Waals surface area contributed by atoms with Crippen molar-refractivity contribution >= 4 is 17.9 Å². The first kappa shape index (κ1) is 72.1. The van der Waals surface area contributed by atoms with Crippen molar-refractivity contribution in [2.45, 2.75) is 348 Å². The van der Waals surface area contributed by atoms with Gasteiger partial charge in [-0.15, -0.1) is 0 Å². The van der Waals surface area contributed by atoms with E-state index in [0.717, 1.165) is 96.3 Å². The Hall–Kier alpha value is -2.89. The molecule has 75 heavy (non-hydrogen) atoms. The molecule has 0 aliphatic heterocycles. The van der Waals surface area contributed by atoms with Crippen molar-refractivity contribution in [3.63, 3.8) is 0 Å². The molecule has 0 spiro atoms. The Balaban J connectivity index is 4.37. The van der Waals surface area contributed by atoms with Crippen molar-refractivity contribution in [1.82, 2.24) is 0 Å². The predicted molar refractivity (Wildman–Crippen MR) is 325 cm³/mol. The third-order valence-electron chi connectivity index (χ3n) is 14.5. The summed E-state index contributed by atoms with van der Waals surface area (Å²) in [6.45, 7) is 6.56. The number of esters is 3. The summed E-state index contributed by atoms with van der Waals surface area (Å²) in [6, 6.07) is 0. The van der Waals surface area contributed by atoms with Gasteiger partial charge in [0.25, 0.3) is 0 Å². The van der Waals surface area contributed by atoms with E-state index >= 15 is 0 Å². The molecular formula is C69H124O6. The first-order valence-corrected chi connectivity index (χ1v) is 32.8. The third-order valence-corrected chi connectivity index (χ3v) is 14.5. The molecule has 0 unspecified atom stereocenters. The topological polar surface area (TPSA) is 78.9 Å². The molecular weight excluding hydrogens is 925 g/mol. The van der Waals surface area contributed by atoms with Gasteiger partial charge >= 0.3 is 17.9 Å². The second-order valence-electron chi connectivity index (χ2n) is 22.0. The van der Waals surface area contributed by atoms with E-state index in [2.05, 4.69) is 81.5 Å². The zero-order chi connectivity index (χ0) is 54.3. The SMILES string of the molecule is CC/C=C\C/C=C\C/C=C\C/C=C\C/C=C\CCCCCC(=O)OC[C@H](COC(=O)CCCCCCCCCCCCCCCCCCCCCCC)OC(=O)CCCCCCCCCCCCCCCCCCC. The van der Waals surface area contributed by atoms with Crippen molar-refractivity contribution in [3.05, 3.63) is 60.8 Å². The van der Waals surface area contributed by atoms with E-state index in [4.69, 9.17) is 14.2 Å². The maximum Gasteiger partial charge on any atom is 0.306 e. The second-order valence-corrected chi connectivity index (χ2v) is 22.0. The minimum absolute atomic E-state index is 0.0800. The first-order chi connectivity index (χ1) is 37.0. The van der Waals surface area contributed by atoms with Gasteiger partial charge in [-0.1, -0.05) is 319 Å². The van der Waals surface area contributed by atoms with Crippen LogP contribution < -0.4 is 0 Å². The quantitative estimate of drug-likeness (QED) is 0.0261. The summed E-state index contributed by atoms with van der Waals surface area (Å²) in [6.07, 6.45) is 80.9. The lowest BCUT2D eigenvalue weighted by atomic mass is 10.0. The molecule has 0 aliphatic carbocycles. The van der Waals surface area contributed by atoms with E-state index < -0.39 is 6.10 Å². The van der Waals surface area contributed by atoms with Crippen molar-refractivity contribution in [2.24, 2.45) is 0 Å². The fourth-order valence-corrected chi connectivity index (χ4v) is 9.65. The Morgan fingerprint density at radius 1 is 0.280 bits per heavy atom. The molecule has 0 N–H and O–H groups in total. The minimum atomic E-state index is -0.786. The highest BCUT2D eigenvalue weighted by Crippen LogP contribution is 2.18. The normalized spacial score (nSPS) is 12.4. The van der Waals surface area contributed by atoms with Crippen LogP contribution in [-0.2, 0) is 28.6 Å². The summed E-state index contributed by atoms with van der Waals surface area (Å²) in [5, 5.41) is 0. The molecule has 0 rings (SSSR count). The molecule has 0 bridgehead atoms. The van der Waals surface area contributed by atoms with E-state index in [1.807, 2.05) is 0 Å². The van der Waals surface area contributed by atoms with Gasteiger partial charge in [-0.25, -0.2) is 0 Å². The van der Waals surface area contributed by atoms with Crippen LogP contribution in [0.2, 0.25) is 0 Å². The van der Waals surface area contributed by atoms with Crippen LogP contribution in [0, 0.1) is 0 Å². The average Bonchev–Trinajstić information content (AvgIpc) is 3.41. The van der Waals surface area contributed by atoms with Crippen LogP contribution in [-0.4, -0.2) is 37.2 Å². The summed E-state index contributed by atoms with van der Waals surface area (Å²) in [4.78, 5) is 38.4. The molecule has 6 nitrogen and oxygen atoms in total. The van der Waals surface area contributed by atoms with Crippen LogP contribution in [0.25, 0.3) is 0 Å². The number of carbonyl (C=O) groups is 3. The molecule has 0 amide bonds. The smallest absolute Gasteiger partial charge is 0.306 e. The third kappa shape index (κ3) is 61.8. The Bertz CT molecular complexity index is 1340. The van der Waals surface area contributed by atoms with Crippen LogP contribution in [0.4, 0.5) is 0 Å². The van der Waals surface area contributed by atoms with Gasteiger partial charge in [-0.05, 0) is 64.2 Å². The molecule has 0 saturated carbocycles. The molecule has 0 aromatic carbocycles. The molecule has 0 aliphatic rings. The van der Waals surface area contributed by atoms with Gasteiger partial charge in [-0.2, -0.15) is 0 Å². The van der Waals surface area contributed by atoms with Crippen molar-refractivity contribution in [2.75, 3.05) is 13.2 Å². The van der Waals surface area contributed by atoms with Crippen LogP contribution in [0.5, 0.6) is 0 Å². The van der Waals surface area contributed by atoms with Gasteiger partial charge in [0.05, 0.1) is 0 Å². The van der Waals surface area contributed by atoms with Gasteiger partial charge in [0.2, 0.25) is 0 Å². The monoisotopic (exact) mass is 1050 g/mol. The van der Waals surface area contributed by atoms with Gasteiger partial charge in [0, 0.05) is 19.3 Å². The number of carbonyl (C=O) groups excluding carboxylic acids is 3. The van der Waals surface area contributed by atoms with Crippen LogP contribution in [0.3, 0.4) is 0 Å². The largest absolute Gasteiger partial charge is 0.462 e. The standard InChI is InChI=1S/C69H124O6/c1-4-7-10-13-16-19-22-25-28-31-33-34-36-39-41-44-47-50-53-56-59-62-68(71)74-65-66(75-69(72)63-60-57-54-51-48-45-42-37-30-27-24-21-18-15-12-9-6-3)64-73-67(70)61-58-55-52-49-46-43-40-38-35-32-29-26-23-20-17-14-11-8-5-2/h8,11,17,20,26,29,35,38,43,46,66H,4-7,9-10,12-16,18-19,21-25,27-28,30-34,36-37,39-42,44-45,47-65H2,1-3H3/b11-8-,20-17-,29-26-,38-35-,46-43-/t66-/m1/s1. The Kier molecular flexibility index (Phi) is 61.2. The van der Waals surface area contributed by atoms with Crippen molar-refractivity contribution < 1.29 is 28.6 Å². The van der Waals surface area contributed by atoms with E-state index in [-0.39, 0.29) is 31.1 Å². The second kappa shape index (κ2) is 63.6. The predicted octanol–water partition coefficient (Wildman–Crippen LogP) is 22.3. The Morgan fingerprint density at radius 3 is 0.813 bits per heavy atom. The highest BCUT2D eigenvalue weighted by Gasteiger charge is 2.19. The lowest BCUT2D eigenvalue weighted by Gasteiger charge is -2.18. The molecule has 0 fully saturated rings.